The Balaban J connectivity index is 0.000000122. The quantitative estimate of drug-likeness (QED) is 0.146. The Morgan fingerprint density at radius 1 is 0.448 bits per heavy atom. The molecule has 5 amide bonds. The van der Waals surface area contributed by atoms with Crippen LogP contribution < -0.4 is 16.0 Å². The summed E-state index contributed by atoms with van der Waals surface area (Å²) < 4.78 is 13.9. The van der Waals surface area contributed by atoms with Gasteiger partial charge in [-0.3, -0.25) is 0 Å². The molecular formula is C67H68Cl2N14O4. The highest BCUT2D eigenvalue weighted by Gasteiger charge is 2.30. The SMILES string of the molecule is CC(C)(C)OC(=O)N1CCc2c(ncn2-c2ccccc2)C1.O=C(Nc1cccc(Cl)c1)N1CCc2c(ncn2-c2ccccc2)C1.O=C(Nc1cccc(Cl)c1)N1CCc2ncn(-c3ccccc3)c2C1.c1ccc(-n2cnc3c2CCNC3)cc1. The number of nitrogens with one attached hydrogen (secondary N) is 3. The van der Waals surface area contributed by atoms with Gasteiger partial charge in [-0.2, -0.15) is 0 Å². The van der Waals surface area contributed by atoms with Crippen molar-refractivity contribution < 1.29 is 19.1 Å². The van der Waals surface area contributed by atoms with Crippen LogP contribution >= 0.6 is 23.2 Å². The van der Waals surface area contributed by atoms with Gasteiger partial charge in [0.25, 0.3) is 0 Å². The first kappa shape index (κ1) is 59.2. The number of para-hydroxylation sites is 4. The number of halogens is 2. The monoisotopic (exact) mass is 1200 g/mol. The number of carbonyl (C=O) groups excluding carboxylic acids is 3. The number of fused-ring (bicyclic) bond motifs is 4. The minimum absolute atomic E-state index is 0.131. The number of anilines is 2. The number of benzene rings is 6. The molecule has 87 heavy (non-hydrogen) atoms. The number of aromatic nitrogens is 8. The zero-order valence-corrected chi connectivity index (χ0v) is 50.3. The molecule has 0 atom stereocenters. The van der Waals surface area contributed by atoms with Crippen LogP contribution in [0.15, 0.2) is 195 Å². The number of imidazole rings is 4. The fraction of sp³-hybridized carbons (Fsp3) is 0.239. The van der Waals surface area contributed by atoms with E-state index in [0.29, 0.717) is 60.7 Å². The molecule has 18 nitrogen and oxygen atoms in total. The van der Waals surface area contributed by atoms with Gasteiger partial charge in [0.2, 0.25) is 0 Å². The van der Waals surface area contributed by atoms with Crippen LogP contribution in [0, 0.1) is 0 Å². The Morgan fingerprint density at radius 3 is 1.30 bits per heavy atom. The molecule has 20 heteroatoms. The average molecular weight is 1200 g/mol. The van der Waals surface area contributed by atoms with Crippen molar-refractivity contribution in [3.63, 3.8) is 0 Å². The van der Waals surface area contributed by atoms with E-state index in [-0.39, 0.29) is 18.2 Å². The van der Waals surface area contributed by atoms with Crippen molar-refractivity contribution >= 4 is 52.7 Å². The molecule has 6 aromatic carbocycles. The molecule has 4 aliphatic heterocycles. The lowest BCUT2D eigenvalue weighted by molar-refractivity contribution is 0.0220. The van der Waals surface area contributed by atoms with Crippen molar-refractivity contribution in [2.24, 2.45) is 0 Å². The lowest BCUT2D eigenvalue weighted by Crippen LogP contribution is -2.40. The summed E-state index contributed by atoms with van der Waals surface area (Å²) in [5, 5.41) is 10.3. The largest absolute Gasteiger partial charge is 0.444 e. The highest BCUT2D eigenvalue weighted by atomic mass is 35.5. The van der Waals surface area contributed by atoms with Crippen LogP contribution in [0.5, 0.6) is 0 Å². The maximum Gasteiger partial charge on any atom is 0.410 e. The van der Waals surface area contributed by atoms with E-state index in [0.717, 1.165) is 84.3 Å². The average Bonchev–Trinajstić information content (AvgIpc) is 2.58. The molecule has 0 saturated heterocycles. The highest BCUT2D eigenvalue weighted by Crippen LogP contribution is 2.27. The Hall–Kier alpha value is -9.49. The van der Waals surface area contributed by atoms with Crippen LogP contribution in [0.4, 0.5) is 25.8 Å². The fourth-order valence-corrected chi connectivity index (χ4v) is 11.1. The Labute approximate surface area is 516 Å². The third-order valence-corrected chi connectivity index (χ3v) is 15.5. The zero-order chi connectivity index (χ0) is 60.3. The molecule has 0 aliphatic carbocycles. The second-order valence-corrected chi connectivity index (χ2v) is 23.0. The summed E-state index contributed by atoms with van der Waals surface area (Å²) >= 11 is 11.9. The van der Waals surface area contributed by atoms with Crippen LogP contribution in [0.1, 0.15) is 66.3 Å². The third-order valence-electron chi connectivity index (χ3n) is 15.0. The first-order valence-corrected chi connectivity index (χ1v) is 29.8. The lowest BCUT2D eigenvalue weighted by atomic mass is 10.1. The highest BCUT2D eigenvalue weighted by molar-refractivity contribution is 6.31. The van der Waals surface area contributed by atoms with E-state index in [1.54, 1.807) is 39.0 Å². The number of amides is 5. The van der Waals surface area contributed by atoms with Gasteiger partial charge in [-0.15, -0.1) is 0 Å². The zero-order valence-electron chi connectivity index (χ0n) is 48.8. The van der Waals surface area contributed by atoms with Crippen molar-refractivity contribution in [2.45, 2.75) is 78.2 Å². The van der Waals surface area contributed by atoms with Gasteiger partial charge < -0.3 is 53.7 Å². The number of nitrogens with zero attached hydrogens (tertiary/aromatic N) is 11. The molecule has 0 fully saturated rings. The normalized spacial score (nSPS) is 14.0. The number of carbonyl (C=O) groups is 3. The van der Waals surface area contributed by atoms with Gasteiger partial charge in [0, 0.05) is 120 Å². The number of rotatable bonds is 6. The van der Waals surface area contributed by atoms with E-state index in [4.69, 9.17) is 27.9 Å². The summed E-state index contributed by atoms with van der Waals surface area (Å²) in [4.78, 5) is 60.5. The van der Waals surface area contributed by atoms with Gasteiger partial charge in [-0.25, -0.2) is 34.3 Å². The Kier molecular flexibility index (Phi) is 18.6. The van der Waals surface area contributed by atoms with Crippen LogP contribution in [0.25, 0.3) is 22.7 Å². The van der Waals surface area contributed by atoms with Crippen molar-refractivity contribution in [3.8, 4) is 22.7 Å². The minimum atomic E-state index is -0.471. The van der Waals surface area contributed by atoms with Crippen molar-refractivity contribution in [1.82, 2.24) is 58.2 Å². The van der Waals surface area contributed by atoms with E-state index in [9.17, 15) is 14.4 Å². The summed E-state index contributed by atoms with van der Waals surface area (Å²) in [6, 6.07) is 54.7. The van der Waals surface area contributed by atoms with Crippen molar-refractivity contribution in [3.05, 3.63) is 251 Å². The molecule has 0 unspecified atom stereocenters. The molecule has 4 aliphatic rings. The van der Waals surface area contributed by atoms with Crippen LogP contribution in [-0.2, 0) is 56.6 Å². The number of hydrogen-bond donors (Lipinski definition) is 3. The maximum atomic E-state index is 12.6. The van der Waals surface area contributed by atoms with E-state index >= 15 is 0 Å². The van der Waals surface area contributed by atoms with Crippen LogP contribution in [0.3, 0.4) is 0 Å². The van der Waals surface area contributed by atoms with Gasteiger partial charge in [0.1, 0.15) is 5.60 Å². The molecule has 0 radical (unpaired) electrons. The molecule has 444 valence electrons. The standard InChI is InChI=1S/2C19H17ClN4O.C17H21N3O2.C12H13N3/c20-14-5-4-6-15(11-14)22-19(25)23-10-9-18-17(12-23)21-13-24(18)16-7-2-1-3-8-16;20-14-5-4-6-15(11-14)22-19(25)23-10-9-17-18(12-23)24(13-21-17)16-7-2-1-3-8-16;1-17(2,3)22-16(21)19-10-9-15-14(11-19)18-12-20(15)13-7-5-4-6-8-13;1-2-4-10(5-3-1)15-9-14-11-8-13-7-6-12(11)15/h2*1-8,11,13H,9-10,12H2,(H,22,25);4-8,12H,9-11H2,1-3H3;1-5,9,13H,6-8H2. The van der Waals surface area contributed by atoms with Crippen molar-refractivity contribution in [1.29, 1.82) is 0 Å². The summed E-state index contributed by atoms with van der Waals surface area (Å²) in [7, 11) is 0. The maximum absolute atomic E-state index is 12.6. The van der Waals surface area contributed by atoms with Crippen molar-refractivity contribution in [2.75, 3.05) is 36.8 Å². The predicted octanol–water partition coefficient (Wildman–Crippen LogP) is 12.9. The molecule has 3 N–H and O–H groups in total. The number of hydrogen-bond acceptors (Lipinski definition) is 9. The fourth-order valence-electron chi connectivity index (χ4n) is 10.8. The van der Waals surface area contributed by atoms with E-state index in [2.05, 4.69) is 98.1 Å². The minimum Gasteiger partial charge on any atom is -0.444 e. The van der Waals surface area contributed by atoms with Crippen LogP contribution in [0.2, 0.25) is 10.0 Å². The molecule has 0 spiro atoms. The predicted molar refractivity (Wildman–Crippen MR) is 339 cm³/mol. The second kappa shape index (κ2) is 27.3. The molecular weight excluding hydrogens is 1140 g/mol. The van der Waals surface area contributed by atoms with E-state index in [1.165, 1.54) is 22.8 Å². The summed E-state index contributed by atoms with van der Waals surface area (Å²) in [5.74, 6) is 0. The van der Waals surface area contributed by atoms with Gasteiger partial charge in [-0.1, -0.05) is 108 Å². The van der Waals surface area contributed by atoms with E-state index < -0.39 is 5.60 Å². The van der Waals surface area contributed by atoms with E-state index in [1.807, 2.05) is 148 Å². The first-order valence-electron chi connectivity index (χ1n) is 29.0. The Morgan fingerprint density at radius 2 is 0.839 bits per heavy atom. The molecule has 0 bridgehead atoms. The van der Waals surface area contributed by atoms with Crippen LogP contribution in [-0.4, -0.2) is 103 Å². The smallest absolute Gasteiger partial charge is 0.410 e. The third kappa shape index (κ3) is 14.8. The molecule has 10 aromatic rings. The summed E-state index contributed by atoms with van der Waals surface area (Å²) in [6.07, 6.45) is 10.5. The molecule has 14 rings (SSSR count). The molecule has 8 heterocycles. The lowest BCUT2D eigenvalue weighted by Gasteiger charge is -2.30. The summed E-state index contributed by atoms with van der Waals surface area (Å²) in [6.45, 7) is 11.1. The topological polar surface area (TPSA) is 178 Å². The van der Waals surface area contributed by atoms with Gasteiger partial charge in [0.15, 0.2) is 0 Å². The molecule has 4 aromatic heterocycles. The second-order valence-electron chi connectivity index (χ2n) is 22.2. The first-order chi connectivity index (χ1) is 42.3. The Bertz CT molecular complexity index is 3960. The van der Waals surface area contributed by atoms with Gasteiger partial charge >= 0.3 is 18.2 Å². The van der Waals surface area contributed by atoms with Gasteiger partial charge in [-0.05, 0) is 106 Å². The number of urea groups is 2. The number of ether oxygens (including phenoxy) is 1. The summed E-state index contributed by atoms with van der Waals surface area (Å²) in [5.41, 5.74) is 14.2. The molecule has 0 saturated carbocycles. The van der Waals surface area contributed by atoms with Gasteiger partial charge in [0.05, 0.1) is 73.4 Å².